The van der Waals surface area contributed by atoms with Crippen molar-refractivity contribution in [2.45, 2.75) is 19.1 Å². The van der Waals surface area contributed by atoms with E-state index in [0.29, 0.717) is 48.5 Å². The number of benzene rings is 1. The van der Waals surface area contributed by atoms with Gasteiger partial charge in [-0.2, -0.15) is 0 Å². The predicted molar refractivity (Wildman–Crippen MR) is 101 cm³/mol. The molecule has 1 unspecified atom stereocenters. The van der Waals surface area contributed by atoms with Gasteiger partial charge in [0.1, 0.15) is 6.10 Å². The first-order valence-electron chi connectivity index (χ1n) is 8.92. The van der Waals surface area contributed by atoms with Crippen LogP contribution >= 0.6 is 0 Å². The first kappa shape index (κ1) is 19.8. The van der Waals surface area contributed by atoms with Crippen molar-refractivity contribution in [3.8, 4) is 23.1 Å². The van der Waals surface area contributed by atoms with Gasteiger partial charge >= 0.3 is 0 Å². The van der Waals surface area contributed by atoms with Gasteiger partial charge in [-0.15, -0.1) is 0 Å². The maximum atomic E-state index is 12.4. The van der Waals surface area contributed by atoms with Gasteiger partial charge in [0.05, 0.1) is 40.1 Å². The molecule has 1 aromatic heterocycles. The SMILES string of the molecule is COc1cc(CNC(=O)c2ccc(OC3CCOC3)nc2)cc(OC)c1OC. The number of carbonyl (C=O) groups is 1. The Kier molecular flexibility index (Phi) is 6.54. The van der Waals surface area contributed by atoms with Crippen LogP contribution in [0.25, 0.3) is 0 Å². The number of rotatable bonds is 8. The summed E-state index contributed by atoms with van der Waals surface area (Å²) >= 11 is 0. The summed E-state index contributed by atoms with van der Waals surface area (Å²) in [6, 6.07) is 6.95. The molecule has 2 heterocycles. The van der Waals surface area contributed by atoms with Crippen molar-refractivity contribution in [3.63, 3.8) is 0 Å². The van der Waals surface area contributed by atoms with Crippen LogP contribution < -0.4 is 24.3 Å². The number of carbonyl (C=O) groups excluding carboxylic acids is 1. The van der Waals surface area contributed by atoms with Gasteiger partial charge < -0.3 is 29.0 Å². The lowest BCUT2D eigenvalue weighted by Crippen LogP contribution is -2.23. The normalized spacial score (nSPS) is 15.8. The molecule has 28 heavy (non-hydrogen) atoms. The number of hydrogen-bond donors (Lipinski definition) is 1. The molecule has 1 aromatic carbocycles. The highest BCUT2D eigenvalue weighted by atomic mass is 16.6. The lowest BCUT2D eigenvalue weighted by atomic mass is 10.1. The van der Waals surface area contributed by atoms with Crippen molar-refractivity contribution in [2.75, 3.05) is 34.5 Å². The van der Waals surface area contributed by atoms with E-state index in [1.807, 2.05) is 0 Å². The molecule has 150 valence electrons. The van der Waals surface area contributed by atoms with Gasteiger partial charge in [0.15, 0.2) is 11.5 Å². The second-order valence-electron chi connectivity index (χ2n) is 6.20. The minimum Gasteiger partial charge on any atom is -0.493 e. The molecule has 0 spiro atoms. The third-order valence-corrected chi connectivity index (χ3v) is 4.35. The monoisotopic (exact) mass is 388 g/mol. The van der Waals surface area contributed by atoms with Gasteiger partial charge in [0.2, 0.25) is 11.6 Å². The highest BCUT2D eigenvalue weighted by molar-refractivity contribution is 5.93. The second kappa shape index (κ2) is 9.27. The molecule has 1 atom stereocenters. The fourth-order valence-electron chi connectivity index (χ4n) is 2.88. The van der Waals surface area contributed by atoms with Crippen LogP contribution in [0, 0.1) is 0 Å². The molecular formula is C20H24N2O6. The zero-order valence-corrected chi connectivity index (χ0v) is 16.2. The summed E-state index contributed by atoms with van der Waals surface area (Å²) < 4.78 is 26.9. The molecule has 0 aliphatic carbocycles. The van der Waals surface area contributed by atoms with Gasteiger partial charge in [-0.1, -0.05) is 0 Å². The van der Waals surface area contributed by atoms with Gasteiger partial charge in [-0.05, 0) is 23.8 Å². The summed E-state index contributed by atoms with van der Waals surface area (Å²) in [5, 5.41) is 2.86. The number of nitrogens with zero attached hydrogens (tertiary/aromatic N) is 1. The summed E-state index contributed by atoms with van der Waals surface area (Å²) in [4.78, 5) is 16.6. The Labute approximate surface area is 163 Å². The highest BCUT2D eigenvalue weighted by Crippen LogP contribution is 2.38. The first-order chi connectivity index (χ1) is 13.6. The topological polar surface area (TPSA) is 88.1 Å². The molecule has 1 aliphatic heterocycles. The third-order valence-electron chi connectivity index (χ3n) is 4.35. The van der Waals surface area contributed by atoms with Crippen LogP contribution in [0.1, 0.15) is 22.3 Å². The van der Waals surface area contributed by atoms with Gasteiger partial charge in [0, 0.05) is 25.2 Å². The van der Waals surface area contributed by atoms with E-state index in [-0.39, 0.29) is 12.0 Å². The Morgan fingerprint density at radius 1 is 1.18 bits per heavy atom. The van der Waals surface area contributed by atoms with Crippen molar-refractivity contribution >= 4 is 5.91 Å². The molecule has 0 saturated carbocycles. The van der Waals surface area contributed by atoms with E-state index in [1.165, 1.54) is 6.20 Å². The van der Waals surface area contributed by atoms with E-state index in [0.717, 1.165) is 12.0 Å². The molecule has 1 aliphatic rings. The minimum absolute atomic E-state index is 0.0206. The summed E-state index contributed by atoms with van der Waals surface area (Å²) in [5.74, 6) is 1.82. The molecule has 8 heteroatoms. The zero-order valence-electron chi connectivity index (χ0n) is 16.2. The average Bonchev–Trinajstić information content (AvgIpc) is 3.24. The minimum atomic E-state index is -0.239. The van der Waals surface area contributed by atoms with Gasteiger partial charge in [-0.25, -0.2) is 4.98 Å². The van der Waals surface area contributed by atoms with Crippen LogP contribution in [0.4, 0.5) is 0 Å². The molecule has 0 bridgehead atoms. The van der Waals surface area contributed by atoms with E-state index >= 15 is 0 Å². The number of nitrogens with one attached hydrogen (secondary N) is 1. The number of amides is 1. The fourth-order valence-corrected chi connectivity index (χ4v) is 2.88. The Morgan fingerprint density at radius 2 is 1.93 bits per heavy atom. The van der Waals surface area contributed by atoms with Crippen LogP contribution in [0.15, 0.2) is 30.5 Å². The van der Waals surface area contributed by atoms with E-state index in [9.17, 15) is 4.79 Å². The Morgan fingerprint density at radius 3 is 2.46 bits per heavy atom. The van der Waals surface area contributed by atoms with Crippen molar-refractivity contribution in [1.29, 1.82) is 0 Å². The maximum Gasteiger partial charge on any atom is 0.253 e. The van der Waals surface area contributed by atoms with Crippen molar-refractivity contribution in [2.24, 2.45) is 0 Å². The quantitative estimate of drug-likeness (QED) is 0.742. The number of methoxy groups -OCH3 is 3. The highest BCUT2D eigenvalue weighted by Gasteiger charge is 2.18. The predicted octanol–water partition coefficient (Wildman–Crippen LogP) is 2.21. The Bertz CT molecular complexity index is 778. The van der Waals surface area contributed by atoms with Gasteiger partial charge in [-0.3, -0.25) is 4.79 Å². The standard InChI is InChI=1S/C20H24N2O6/c1-24-16-8-13(9-17(25-2)19(16)26-3)10-22-20(23)14-4-5-18(21-11-14)28-15-6-7-27-12-15/h4-5,8-9,11,15H,6-7,10,12H2,1-3H3,(H,22,23). The van der Waals surface area contributed by atoms with E-state index < -0.39 is 0 Å². The number of aromatic nitrogens is 1. The van der Waals surface area contributed by atoms with Crippen LogP contribution in [0.3, 0.4) is 0 Å². The lowest BCUT2D eigenvalue weighted by Gasteiger charge is -2.14. The van der Waals surface area contributed by atoms with E-state index in [2.05, 4.69) is 10.3 Å². The lowest BCUT2D eigenvalue weighted by molar-refractivity contribution is 0.0950. The van der Waals surface area contributed by atoms with Gasteiger partial charge in [0.25, 0.3) is 5.91 Å². The van der Waals surface area contributed by atoms with Crippen LogP contribution in [0.5, 0.6) is 23.1 Å². The van der Waals surface area contributed by atoms with E-state index in [1.54, 1.807) is 45.6 Å². The molecule has 1 N–H and O–H groups in total. The molecule has 1 amide bonds. The first-order valence-corrected chi connectivity index (χ1v) is 8.92. The third kappa shape index (κ3) is 4.64. The smallest absolute Gasteiger partial charge is 0.253 e. The second-order valence-corrected chi connectivity index (χ2v) is 6.20. The molecule has 2 aromatic rings. The largest absolute Gasteiger partial charge is 0.493 e. The average molecular weight is 388 g/mol. The van der Waals surface area contributed by atoms with Crippen molar-refractivity contribution in [3.05, 3.63) is 41.6 Å². The van der Waals surface area contributed by atoms with Crippen molar-refractivity contribution in [1.82, 2.24) is 10.3 Å². The summed E-state index contributed by atoms with van der Waals surface area (Å²) in [5.41, 5.74) is 1.26. The summed E-state index contributed by atoms with van der Waals surface area (Å²) in [7, 11) is 4.64. The van der Waals surface area contributed by atoms with Crippen molar-refractivity contribution < 1.29 is 28.5 Å². The summed E-state index contributed by atoms with van der Waals surface area (Å²) in [6.07, 6.45) is 2.36. The fraction of sp³-hybridized carbons (Fsp3) is 0.400. The van der Waals surface area contributed by atoms with Crippen LogP contribution in [0.2, 0.25) is 0 Å². The molecule has 1 fully saturated rings. The number of pyridine rings is 1. The Hall–Kier alpha value is -3.00. The molecule has 8 nitrogen and oxygen atoms in total. The van der Waals surface area contributed by atoms with Crippen LogP contribution in [-0.2, 0) is 11.3 Å². The molecule has 3 rings (SSSR count). The molecule has 0 radical (unpaired) electrons. The Balaban J connectivity index is 1.62. The molecule has 1 saturated heterocycles. The summed E-state index contributed by atoms with van der Waals surface area (Å²) in [6.45, 7) is 1.57. The van der Waals surface area contributed by atoms with E-state index in [4.69, 9.17) is 23.7 Å². The molecular weight excluding hydrogens is 364 g/mol. The number of hydrogen-bond acceptors (Lipinski definition) is 7. The number of ether oxygens (including phenoxy) is 5. The zero-order chi connectivity index (χ0) is 19.9. The van der Waals surface area contributed by atoms with Crippen LogP contribution in [-0.4, -0.2) is 51.5 Å². The maximum absolute atomic E-state index is 12.4.